The highest BCUT2D eigenvalue weighted by atomic mass is 19.1. The number of nitrogens with zero attached hydrogens (tertiary/aromatic N) is 1. The summed E-state index contributed by atoms with van der Waals surface area (Å²) in [4.78, 5) is 12.6. The second kappa shape index (κ2) is 7.71. The molecule has 140 valence electrons. The molecule has 0 atom stereocenters. The third kappa shape index (κ3) is 4.79. The van der Waals surface area contributed by atoms with E-state index in [2.05, 4.69) is 11.4 Å². The zero-order chi connectivity index (χ0) is 20.4. The standard InChI is InChI=1S/C22H22F2N2O/c1-13-8-14(2)10-15(9-13)18(12-25)20(22(3,4)5)26-21(27)17-11-16(23)6-7-19(17)24/h6-11H,1-5H3,(H,26,27)/b20-18-. The first kappa shape index (κ1) is 20.3. The minimum absolute atomic E-state index is 0.291. The molecule has 3 nitrogen and oxygen atoms in total. The Morgan fingerprint density at radius 3 is 2.15 bits per heavy atom. The Bertz CT molecular complexity index is 943. The van der Waals surface area contributed by atoms with Crippen LogP contribution in [0.2, 0.25) is 0 Å². The van der Waals surface area contributed by atoms with Crippen molar-refractivity contribution < 1.29 is 13.6 Å². The van der Waals surface area contributed by atoms with Crippen LogP contribution in [0.4, 0.5) is 8.78 Å². The topological polar surface area (TPSA) is 52.9 Å². The van der Waals surface area contributed by atoms with E-state index in [0.717, 1.165) is 29.3 Å². The highest BCUT2D eigenvalue weighted by Gasteiger charge is 2.26. The Kier molecular flexibility index (Phi) is 5.80. The molecule has 0 aliphatic carbocycles. The average Bonchev–Trinajstić information content (AvgIpc) is 2.55. The van der Waals surface area contributed by atoms with Gasteiger partial charge in [0.2, 0.25) is 0 Å². The van der Waals surface area contributed by atoms with Crippen LogP contribution < -0.4 is 5.32 Å². The van der Waals surface area contributed by atoms with Crippen molar-refractivity contribution in [1.82, 2.24) is 5.32 Å². The maximum Gasteiger partial charge on any atom is 0.258 e. The molecule has 0 bridgehead atoms. The summed E-state index contributed by atoms with van der Waals surface area (Å²) in [6.07, 6.45) is 0. The predicted molar refractivity (Wildman–Crippen MR) is 102 cm³/mol. The summed E-state index contributed by atoms with van der Waals surface area (Å²) in [6.45, 7) is 9.35. The predicted octanol–water partition coefficient (Wildman–Crippen LogP) is 5.29. The summed E-state index contributed by atoms with van der Waals surface area (Å²) in [5, 5.41) is 12.4. The number of aryl methyl sites for hydroxylation is 2. The number of halogens is 2. The van der Waals surface area contributed by atoms with Crippen molar-refractivity contribution in [2.24, 2.45) is 5.41 Å². The Morgan fingerprint density at radius 1 is 1.04 bits per heavy atom. The average molecular weight is 368 g/mol. The fourth-order valence-corrected chi connectivity index (χ4v) is 2.86. The smallest absolute Gasteiger partial charge is 0.258 e. The molecule has 0 aromatic heterocycles. The van der Waals surface area contributed by atoms with Crippen LogP contribution in [-0.4, -0.2) is 5.91 Å². The molecule has 0 radical (unpaired) electrons. The molecule has 2 rings (SSSR count). The summed E-state index contributed by atoms with van der Waals surface area (Å²) >= 11 is 0. The Balaban J connectivity index is 2.60. The van der Waals surface area contributed by atoms with Crippen LogP contribution in [0.15, 0.2) is 42.1 Å². The van der Waals surface area contributed by atoms with Crippen molar-refractivity contribution in [3.63, 3.8) is 0 Å². The largest absolute Gasteiger partial charge is 0.324 e. The van der Waals surface area contributed by atoms with Crippen molar-refractivity contribution >= 4 is 11.5 Å². The molecule has 0 spiro atoms. The zero-order valence-corrected chi connectivity index (χ0v) is 16.1. The van der Waals surface area contributed by atoms with Crippen LogP contribution >= 0.6 is 0 Å². The third-order valence-electron chi connectivity index (χ3n) is 4.03. The van der Waals surface area contributed by atoms with Crippen molar-refractivity contribution in [3.8, 4) is 6.07 Å². The summed E-state index contributed by atoms with van der Waals surface area (Å²) in [7, 11) is 0. The van der Waals surface area contributed by atoms with Crippen molar-refractivity contribution in [2.75, 3.05) is 0 Å². The number of hydrogen-bond donors (Lipinski definition) is 1. The third-order valence-corrected chi connectivity index (χ3v) is 4.03. The van der Waals surface area contributed by atoms with E-state index in [9.17, 15) is 18.8 Å². The first-order chi connectivity index (χ1) is 12.5. The van der Waals surface area contributed by atoms with Crippen LogP contribution in [-0.2, 0) is 0 Å². The van der Waals surface area contributed by atoms with Gasteiger partial charge in [-0.1, -0.05) is 50.1 Å². The van der Waals surface area contributed by atoms with Gasteiger partial charge in [-0.2, -0.15) is 5.26 Å². The highest BCUT2D eigenvalue weighted by molar-refractivity contribution is 5.97. The summed E-state index contributed by atoms with van der Waals surface area (Å²) in [5.74, 6) is -2.33. The number of nitrogens with one attached hydrogen (secondary N) is 1. The minimum Gasteiger partial charge on any atom is -0.324 e. The molecular weight excluding hydrogens is 346 g/mol. The SMILES string of the molecule is Cc1cc(C)cc(/C(C#N)=C(\NC(=O)c2cc(F)ccc2F)C(C)(C)C)c1. The van der Waals surface area contributed by atoms with Crippen molar-refractivity contribution in [2.45, 2.75) is 34.6 Å². The molecule has 0 heterocycles. The number of amides is 1. The number of rotatable bonds is 3. The second-order valence-electron chi connectivity index (χ2n) is 7.57. The molecule has 2 aromatic carbocycles. The fourth-order valence-electron chi connectivity index (χ4n) is 2.86. The molecular formula is C22H22F2N2O. The van der Waals surface area contributed by atoms with E-state index in [4.69, 9.17) is 0 Å². The number of nitriles is 1. The molecule has 0 aliphatic rings. The second-order valence-corrected chi connectivity index (χ2v) is 7.57. The lowest BCUT2D eigenvalue weighted by atomic mass is 9.86. The Labute approximate surface area is 158 Å². The number of carbonyl (C=O) groups excluding carboxylic acids is 1. The first-order valence-corrected chi connectivity index (χ1v) is 8.53. The summed E-state index contributed by atoms with van der Waals surface area (Å²) in [5.41, 5.74) is 2.25. The number of benzene rings is 2. The van der Waals surface area contributed by atoms with Gasteiger partial charge >= 0.3 is 0 Å². The van der Waals surface area contributed by atoms with Gasteiger partial charge in [0.15, 0.2) is 0 Å². The van der Waals surface area contributed by atoms with Gasteiger partial charge in [-0.15, -0.1) is 0 Å². The monoisotopic (exact) mass is 368 g/mol. The van der Waals surface area contributed by atoms with Gasteiger partial charge in [-0.25, -0.2) is 8.78 Å². The fraction of sp³-hybridized carbons (Fsp3) is 0.273. The lowest BCUT2D eigenvalue weighted by Gasteiger charge is -2.26. The van der Waals surface area contributed by atoms with Crippen LogP contribution in [0.1, 0.15) is 47.8 Å². The van der Waals surface area contributed by atoms with Gasteiger partial charge < -0.3 is 5.32 Å². The molecule has 0 saturated heterocycles. The lowest BCUT2D eigenvalue weighted by molar-refractivity contribution is 0.0953. The molecule has 27 heavy (non-hydrogen) atoms. The lowest BCUT2D eigenvalue weighted by Crippen LogP contribution is -2.32. The van der Waals surface area contributed by atoms with Crippen molar-refractivity contribution in [1.29, 1.82) is 5.26 Å². The van der Waals surface area contributed by atoms with Crippen LogP contribution in [0, 0.1) is 42.2 Å². The van der Waals surface area contributed by atoms with E-state index < -0.39 is 28.5 Å². The van der Waals surface area contributed by atoms with E-state index in [1.54, 1.807) is 0 Å². The Morgan fingerprint density at radius 2 is 1.63 bits per heavy atom. The van der Waals surface area contributed by atoms with Crippen molar-refractivity contribution in [3.05, 3.63) is 76.0 Å². The summed E-state index contributed by atoms with van der Waals surface area (Å²) < 4.78 is 27.4. The van der Waals surface area contributed by atoms with Gasteiger partial charge in [-0.3, -0.25) is 4.79 Å². The first-order valence-electron chi connectivity index (χ1n) is 8.53. The molecule has 0 unspecified atom stereocenters. The maximum absolute atomic E-state index is 14.0. The van der Waals surface area contributed by atoms with Gasteiger partial charge in [0, 0.05) is 11.1 Å². The van der Waals surface area contributed by atoms with E-state index in [-0.39, 0.29) is 0 Å². The number of allylic oxidation sites excluding steroid dienone is 2. The Hall–Kier alpha value is -3.00. The van der Waals surface area contributed by atoms with Gasteiger partial charge in [-0.05, 0) is 37.6 Å². The van der Waals surface area contributed by atoms with Gasteiger partial charge in [0.1, 0.15) is 17.7 Å². The van der Waals surface area contributed by atoms with Crippen LogP contribution in [0.5, 0.6) is 0 Å². The van der Waals surface area contributed by atoms with Crippen LogP contribution in [0.25, 0.3) is 5.57 Å². The van der Waals surface area contributed by atoms with E-state index in [1.165, 1.54) is 0 Å². The van der Waals surface area contributed by atoms with E-state index in [0.29, 0.717) is 16.8 Å². The van der Waals surface area contributed by atoms with E-state index in [1.807, 2.05) is 52.8 Å². The molecule has 0 fully saturated rings. The quantitative estimate of drug-likeness (QED) is 0.748. The van der Waals surface area contributed by atoms with Gasteiger partial charge in [0.25, 0.3) is 5.91 Å². The number of hydrogen-bond acceptors (Lipinski definition) is 2. The minimum atomic E-state index is -0.827. The summed E-state index contributed by atoms with van der Waals surface area (Å²) in [6, 6.07) is 10.5. The van der Waals surface area contributed by atoms with E-state index >= 15 is 0 Å². The normalized spacial score (nSPS) is 12.2. The van der Waals surface area contributed by atoms with Crippen LogP contribution in [0.3, 0.4) is 0 Å². The molecule has 0 aliphatic heterocycles. The molecule has 5 heteroatoms. The maximum atomic E-state index is 14.0. The highest BCUT2D eigenvalue weighted by Crippen LogP contribution is 2.31. The molecule has 2 aromatic rings. The van der Waals surface area contributed by atoms with Gasteiger partial charge in [0.05, 0.1) is 11.1 Å². The molecule has 1 N–H and O–H groups in total. The number of carbonyl (C=O) groups is 1. The molecule has 0 saturated carbocycles. The molecule has 1 amide bonds. The zero-order valence-electron chi connectivity index (χ0n) is 16.1.